The number of ether oxygens (including phenoxy) is 1. The molecule has 1 aromatic rings. The summed E-state index contributed by atoms with van der Waals surface area (Å²) in [6.45, 7) is 0.508. The van der Waals surface area contributed by atoms with Crippen molar-refractivity contribution in [3.63, 3.8) is 0 Å². The van der Waals surface area contributed by atoms with Gasteiger partial charge in [0.2, 0.25) is 5.76 Å². The average Bonchev–Trinajstić information content (AvgIpc) is 2.52. The molecule has 66 valence electrons. The summed E-state index contributed by atoms with van der Waals surface area (Å²) in [4.78, 5) is 10.9. The van der Waals surface area contributed by atoms with Gasteiger partial charge in [0.1, 0.15) is 5.76 Å². The molecule has 0 aromatic carbocycles. The van der Waals surface area contributed by atoms with Gasteiger partial charge in [-0.15, -0.1) is 0 Å². The SMILES string of the molecule is COC(=O)c1ccc(CCN)o1. The van der Waals surface area contributed by atoms with Crippen LogP contribution in [0.3, 0.4) is 0 Å². The number of furan rings is 1. The normalized spacial score (nSPS) is 9.83. The van der Waals surface area contributed by atoms with Crippen molar-refractivity contribution in [3.8, 4) is 0 Å². The fourth-order valence-corrected chi connectivity index (χ4v) is 0.865. The van der Waals surface area contributed by atoms with Crippen LogP contribution in [0.5, 0.6) is 0 Å². The summed E-state index contributed by atoms with van der Waals surface area (Å²) in [5.41, 5.74) is 5.30. The summed E-state index contributed by atoms with van der Waals surface area (Å²) < 4.78 is 9.59. The molecule has 0 atom stereocenters. The first-order chi connectivity index (χ1) is 5.77. The van der Waals surface area contributed by atoms with Crippen LogP contribution in [-0.2, 0) is 11.2 Å². The predicted octanol–water partition coefficient (Wildman–Crippen LogP) is 0.567. The lowest BCUT2D eigenvalue weighted by Gasteiger charge is -1.93. The number of methoxy groups -OCH3 is 1. The van der Waals surface area contributed by atoms with Crippen LogP contribution in [-0.4, -0.2) is 19.6 Å². The van der Waals surface area contributed by atoms with Crippen LogP contribution in [0.2, 0.25) is 0 Å². The molecule has 0 aliphatic rings. The molecule has 12 heavy (non-hydrogen) atoms. The molecular formula is C8H11NO3. The summed E-state index contributed by atoms with van der Waals surface area (Å²) in [5, 5.41) is 0. The van der Waals surface area contributed by atoms with Crippen LogP contribution in [0.25, 0.3) is 0 Å². The van der Waals surface area contributed by atoms with E-state index in [2.05, 4.69) is 4.74 Å². The largest absolute Gasteiger partial charge is 0.463 e. The maximum Gasteiger partial charge on any atom is 0.373 e. The second-order valence-corrected chi connectivity index (χ2v) is 2.30. The van der Waals surface area contributed by atoms with E-state index in [0.717, 1.165) is 0 Å². The van der Waals surface area contributed by atoms with Gasteiger partial charge in [-0.2, -0.15) is 0 Å². The van der Waals surface area contributed by atoms with E-state index in [1.165, 1.54) is 7.11 Å². The zero-order valence-electron chi connectivity index (χ0n) is 6.87. The summed E-state index contributed by atoms with van der Waals surface area (Å²) in [7, 11) is 1.31. The average molecular weight is 169 g/mol. The first-order valence-electron chi connectivity index (χ1n) is 3.65. The molecule has 1 aromatic heterocycles. The van der Waals surface area contributed by atoms with Crippen molar-refractivity contribution >= 4 is 5.97 Å². The van der Waals surface area contributed by atoms with E-state index in [-0.39, 0.29) is 5.76 Å². The van der Waals surface area contributed by atoms with Crippen LogP contribution in [0.1, 0.15) is 16.3 Å². The molecule has 0 unspecified atom stereocenters. The topological polar surface area (TPSA) is 65.5 Å². The minimum Gasteiger partial charge on any atom is -0.463 e. The third kappa shape index (κ3) is 1.85. The Morgan fingerprint density at radius 2 is 2.42 bits per heavy atom. The van der Waals surface area contributed by atoms with Gasteiger partial charge in [-0.3, -0.25) is 0 Å². The van der Waals surface area contributed by atoms with Gasteiger partial charge < -0.3 is 14.9 Å². The Labute approximate surface area is 70.3 Å². The zero-order valence-corrected chi connectivity index (χ0v) is 6.87. The number of hydrogen-bond acceptors (Lipinski definition) is 4. The molecule has 0 fully saturated rings. The quantitative estimate of drug-likeness (QED) is 0.672. The number of esters is 1. The van der Waals surface area contributed by atoms with E-state index < -0.39 is 5.97 Å². The number of rotatable bonds is 3. The monoisotopic (exact) mass is 169 g/mol. The van der Waals surface area contributed by atoms with Crippen LogP contribution in [0, 0.1) is 0 Å². The Kier molecular flexibility index (Phi) is 2.88. The van der Waals surface area contributed by atoms with Gasteiger partial charge in [-0.05, 0) is 18.7 Å². The maximum atomic E-state index is 10.9. The van der Waals surface area contributed by atoms with Crippen LogP contribution >= 0.6 is 0 Å². The Hall–Kier alpha value is -1.29. The molecule has 1 heterocycles. The smallest absolute Gasteiger partial charge is 0.373 e. The summed E-state index contributed by atoms with van der Waals surface area (Å²) >= 11 is 0. The third-order valence-electron chi connectivity index (χ3n) is 1.44. The molecular weight excluding hydrogens is 158 g/mol. The molecule has 1 rings (SSSR count). The van der Waals surface area contributed by atoms with E-state index in [1.54, 1.807) is 12.1 Å². The number of carbonyl (C=O) groups excluding carboxylic acids is 1. The van der Waals surface area contributed by atoms with Gasteiger partial charge in [-0.1, -0.05) is 0 Å². The Morgan fingerprint density at radius 3 is 3.00 bits per heavy atom. The van der Waals surface area contributed by atoms with Crippen molar-refractivity contribution in [1.82, 2.24) is 0 Å². The molecule has 0 spiro atoms. The first kappa shape index (κ1) is 8.80. The lowest BCUT2D eigenvalue weighted by atomic mass is 10.3. The maximum absolute atomic E-state index is 10.9. The molecule has 2 N–H and O–H groups in total. The standard InChI is InChI=1S/C8H11NO3/c1-11-8(10)7-3-2-6(12-7)4-5-9/h2-3H,4-5,9H2,1H3. The molecule has 0 bridgehead atoms. The highest BCUT2D eigenvalue weighted by Crippen LogP contribution is 2.08. The van der Waals surface area contributed by atoms with Crippen molar-refractivity contribution in [2.45, 2.75) is 6.42 Å². The van der Waals surface area contributed by atoms with Gasteiger partial charge in [0.15, 0.2) is 0 Å². The van der Waals surface area contributed by atoms with Crippen molar-refractivity contribution in [3.05, 3.63) is 23.7 Å². The fraction of sp³-hybridized carbons (Fsp3) is 0.375. The summed E-state index contributed by atoms with van der Waals surface area (Å²) in [6, 6.07) is 3.30. The molecule has 0 saturated heterocycles. The second kappa shape index (κ2) is 3.92. The summed E-state index contributed by atoms with van der Waals surface area (Å²) in [6.07, 6.45) is 0.636. The van der Waals surface area contributed by atoms with E-state index in [1.807, 2.05) is 0 Å². The number of nitrogens with two attached hydrogens (primary N) is 1. The van der Waals surface area contributed by atoms with Gasteiger partial charge >= 0.3 is 5.97 Å². The molecule has 4 heteroatoms. The van der Waals surface area contributed by atoms with E-state index in [4.69, 9.17) is 10.2 Å². The summed E-state index contributed by atoms with van der Waals surface area (Å²) in [5.74, 6) is 0.470. The van der Waals surface area contributed by atoms with Crippen LogP contribution in [0.4, 0.5) is 0 Å². The van der Waals surface area contributed by atoms with E-state index in [0.29, 0.717) is 18.7 Å². The molecule has 0 radical (unpaired) electrons. The molecule has 0 aliphatic carbocycles. The fourth-order valence-electron chi connectivity index (χ4n) is 0.865. The highest BCUT2D eigenvalue weighted by molar-refractivity contribution is 5.86. The minimum atomic E-state index is -0.460. The van der Waals surface area contributed by atoms with Gasteiger partial charge in [0.05, 0.1) is 7.11 Å². The molecule has 0 aliphatic heterocycles. The van der Waals surface area contributed by atoms with E-state index >= 15 is 0 Å². The third-order valence-corrected chi connectivity index (χ3v) is 1.44. The minimum absolute atomic E-state index is 0.223. The first-order valence-corrected chi connectivity index (χ1v) is 3.65. The lowest BCUT2D eigenvalue weighted by molar-refractivity contribution is 0.0563. The zero-order chi connectivity index (χ0) is 8.97. The Morgan fingerprint density at radius 1 is 1.67 bits per heavy atom. The predicted molar refractivity (Wildman–Crippen MR) is 42.8 cm³/mol. The molecule has 4 nitrogen and oxygen atoms in total. The van der Waals surface area contributed by atoms with Crippen molar-refractivity contribution in [1.29, 1.82) is 0 Å². The van der Waals surface area contributed by atoms with Gasteiger partial charge in [0.25, 0.3) is 0 Å². The highest BCUT2D eigenvalue weighted by atomic mass is 16.5. The lowest BCUT2D eigenvalue weighted by Crippen LogP contribution is -2.02. The Bertz CT molecular complexity index is 267. The van der Waals surface area contributed by atoms with Crippen LogP contribution < -0.4 is 5.73 Å². The van der Waals surface area contributed by atoms with Gasteiger partial charge in [-0.25, -0.2) is 4.79 Å². The molecule has 0 amide bonds. The van der Waals surface area contributed by atoms with Crippen molar-refractivity contribution < 1.29 is 13.9 Å². The van der Waals surface area contributed by atoms with Crippen molar-refractivity contribution in [2.75, 3.05) is 13.7 Å². The van der Waals surface area contributed by atoms with E-state index in [9.17, 15) is 4.79 Å². The Balaban J connectivity index is 2.70. The highest BCUT2D eigenvalue weighted by Gasteiger charge is 2.09. The van der Waals surface area contributed by atoms with Gasteiger partial charge in [0, 0.05) is 6.42 Å². The second-order valence-electron chi connectivity index (χ2n) is 2.30. The number of hydrogen-bond donors (Lipinski definition) is 1. The van der Waals surface area contributed by atoms with Crippen molar-refractivity contribution in [2.24, 2.45) is 5.73 Å². The number of carbonyl (C=O) groups is 1. The van der Waals surface area contributed by atoms with Crippen LogP contribution in [0.15, 0.2) is 16.5 Å². The molecule has 0 saturated carbocycles.